The van der Waals surface area contributed by atoms with Crippen molar-refractivity contribution in [2.75, 3.05) is 0 Å². The number of nitrogens with zero attached hydrogens (tertiary/aromatic N) is 1. The molecule has 0 radical (unpaired) electrons. The van der Waals surface area contributed by atoms with Crippen LogP contribution in [0, 0.1) is 0 Å². The lowest BCUT2D eigenvalue weighted by Crippen LogP contribution is -2.33. The molecule has 1 aliphatic rings. The fourth-order valence-electron chi connectivity index (χ4n) is 2.87. The van der Waals surface area contributed by atoms with Crippen molar-refractivity contribution in [2.45, 2.75) is 37.6 Å². The van der Waals surface area contributed by atoms with Crippen molar-refractivity contribution in [2.24, 2.45) is 5.73 Å². The summed E-state index contributed by atoms with van der Waals surface area (Å²) in [4.78, 5) is 5.95. The van der Waals surface area contributed by atoms with Gasteiger partial charge in [-0.15, -0.1) is 11.3 Å². The van der Waals surface area contributed by atoms with Gasteiger partial charge in [-0.3, -0.25) is 4.98 Å². The highest BCUT2D eigenvalue weighted by atomic mass is 32.1. The summed E-state index contributed by atoms with van der Waals surface area (Å²) < 4.78 is 0. The largest absolute Gasteiger partial charge is 0.327 e. The van der Waals surface area contributed by atoms with Crippen molar-refractivity contribution in [1.82, 2.24) is 4.98 Å². The molecule has 1 aliphatic carbocycles. The summed E-state index contributed by atoms with van der Waals surface area (Å²) in [5.74, 6) is 0.428. The second-order valence-electron chi connectivity index (χ2n) is 4.99. The standard InChI is InChI=1S/C15H18N2S/c16-14(10-12-6-3-9-18-12)13-7-1-4-11-5-2-8-17-15(11)13/h2-3,5-6,8-9,13-14H,1,4,7,10,16H2. The molecule has 0 bridgehead atoms. The lowest BCUT2D eigenvalue weighted by Gasteiger charge is -2.28. The van der Waals surface area contributed by atoms with E-state index in [-0.39, 0.29) is 6.04 Å². The van der Waals surface area contributed by atoms with Crippen LogP contribution in [0.15, 0.2) is 35.8 Å². The molecular weight excluding hydrogens is 240 g/mol. The number of thiophene rings is 1. The summed E-state index contributed by atoms with van der Waals surface area (Å²) in [7, 11) is 0. The Balaban J connectivity index is 1.80. The Bertz CT molecular complexity index is 507. The van der Waals surface area contributed by atoms with Gasteiger partial charge in [-0.05, 0) is 48.8 Å². The maximum absolute atomic E-state index is 6.42. The highest BCUT2D eigenvalue weighted by molar-refractivity contribution is 7.09. The third kappa shape index (κ3) is 2.33. The first-order valence-electron chi connectivity index (χ1n) is 6.56. The summed E-state index contributed by atoms with van der Waals surface area (Å²) in [5.41, 5.74) is 9.06. The van der Waals surface area contributed by atoms with E-state index in [1.165, 1.54) is 29.0 Å². The van der Waals surface area contributed by atoms with Crippen LogP contribution in [0.4, 0.5) is 0 Å². The van der Waals surface area contributed by atoms with Gasteiger partial charge in [0.2, 0.25) is 0 Å². The van der Waals surface area contributed by atoms with Crippen LogP contribution in [-0.2, 0) is 12.8 Å². The Hall–Kier alpha value is -1.19. The van der Waals surface area contributed by atoms with E-state index in [4.69, 9.17) is 5.73 Å². The van der Waals surface area contributed by atoms with E-state index in [2.05, 4.69) is 28.6 Å². The molecule has 94 valence electrons. The molecule has 2 atom stereocenters. The average Bonchev–Trinajstić information content (AvgIpc) is 2.91. The number of nitrogens with two attached hydrogens (primary N) is 1. The molecule has 0 saturated heterocycles. The zero-order chi connectivity index (χ0) is 12.4. The minimum Gasteiger partial charge on any atom is -0.327 e. The lowest BCUT2D eigenvalue weighted by atomic mass is 9.81. The molecule has 2 nitrogen and oxygen atoms in total. The van der Waals surface area contributed by atoms with E-state index in [1.807, 2.05) is 12.3 Å². The van der Waals surface area contributed by atoms with Crippen LogP contribution < -0.4 is 5.73 Å². The Morgan fingerprint density at radius 1 is 1.39 bits per heavy atom. The number of aromatic nitrogens is 1. The topological polar surface area (TPSA) is 38.9 Å². The number of hydrogen-bond donors (Lipinski definition) is 1. The highest BCUT2D eigenvalue weighted by Gasteiger charge is 2.26. The van der Waals surface area contributed by atoms with Gasteiger partial charge in [0.1, 0.15) is 0 Å². The van der Waals surface area contributed by atoms with Gasteiger partial charge >= 0.3 is 0 Å². The molecule has 2 unspecified atom stereocenters. The molecule has 3 heteroatoms. The zero-order valence-corrected chi connectivity index (χ0v) is 11.2. The highest BCUT2D eigenvalue weighted by Crippen LogP contribution is 2.33. The number of rotatable bonds is 3. The van der Waals surface area contributed by atoms with Gasteiger partial charge in [0, 0.05) is 28.7 Å². The van der Waals surface area contributed by atoms with Crippen LogP contribution in [0.25, 0.3) is 0 Å². The van der Waals surface area contributed by atoms with Crippen LogP contribution in [0.5, 0.6) is 0 Å². The zero-order valence-electron chi connectivity index (χ0n) is 10.4. The molecule has 0 aliphatic heterocycles. The van der Waals surface area contributed by atoms with Crippen molar-refractivity contribution in [3.8, 4) is 0 Å². The maximum atomic E-state index is 6.42. The first-order valence-corrected chi connectivity index (χ1v) is 7.44. The molecule has 2 aromatic heterocycles. The smallest absolute Gasteiger partial charge is 0.0482 e. The van der Waals surface area contributed by atoms with Crippen molar-refractivity contribution >= 4 is 11.3 Å². The molecule has 2 aromatic rings. The van der Waals surface area contributed by atoms with Crippen molar-refractivity contribution in [1.29, 1.82) is 0 Å². The fourth-order valence-corrected chi connectivity index (χ4v) is 3.64. The quantitative estimate of drug-likeness (QED) is 0.918. The number of aryl methyl sites for hydroxylation is 1. The second-order valence-corrected chi connectivity index (χ2v) is 6.03. The van der Waals surface area contributed by atoms with Crippen molar-refractivity contribution < 1.29 is 0 Å². The van der Waals surface area contributed by atoms with E-state index in [9.17, 15) is 0 Å². The van der Waals surface area contributed by atoms with Crippen LogP contribution in [0.3, 0.4) is 0 Å². The lowest BCUT2D eigenvalue weighted by molar-refractivity contribution is 0.451. The maximum Gasteiger partial charge on any atom is 0.0482 e. The van der Waals surface area contributed by atoms with Crippen LogP contribution >= 0.6 is 11.3 Å². The molecule has 0 fully saturated rings. The van der Waals surface area contributed by atoms with Gasteiger partial charge in [-0.1, -0.05) is 12.1 Å². The number of fused-ring (bicyclic) bond motifs is 1. The fraction of sp³-hybridized carbons (Fsp3) is 0.400. The average molecular weight is 258 g/mol. The van der Waals surface area contributed by atoms with Gasteiger partial charge in [0.15, 0.2) is 0 Å². The van der Waals surface area contributed by atoms with Crippen molar-refractivity contribution in [3.05, 3.63) is 52.0 Å². The summed E-state index contributed by atoms with van der Waals surface area (Å²) >= 11 is 1.80. The molecule has 0 saturated carbocycles. The number of pyridine rings is 1. The first-order chi connectivity index (χ1) is 8.84. The van der Waals surface area contributed by atoms with E-state index in [1.54, 1.807) is 11.3 Å². The molecule has 0 aromatic carbocycles. The second kappa shape index (κ2) is 5.21. The molecule has 3 rings (SSSR count). The predicted molar refractivity (Wildman–Crippen MR) is 75.9 cm³/mol. The third-order valence-corrected chi connectivity index (χ3v) is 4.67. The Morgan fingerprint density at radius 2 is 2.33 bits per heavy atom. The van der Waals surface area contributed by atoms with Gasteiger partial charge in [0.05, 0.1) is 0 Å². The Kier molecular flexibility index (Phi) is 3.43. The summed E-state index contributed by atoms with van der Waals surface area (Å²) in [6.07, 6.45) is 6.44. The Labute approximate surface area is 112 Å². The first kappa shape index (κ1) is 11.9. The van der Waals surface area contributed by atoms with Crippen LogP contribution in [-0.4, -0.2) is 11.0 Å². The van der Waals surface area contributed by atoms with Gasteiger partial charge in [-0.25, -0.2) is 0 Å². The normalized spacial score (nSPS) is 20.4. The minimum absolute atomic E-state index is 0.192. The van der Waals surface area contributed by atoms with Gasteiger partial charge in [-0.2, -0.15) is 0 Å². The molecule has 0 amide bonds. The van der Waals surface area contributed by atoms with Gasteiger partial charge in [0.25, 0.3) is 0 Å². The van der Waals surface area contributed by atoms with E-state index < -0.39 is 0 Å². The third-order valence-electron chi connectivity index (χ3n) is 3.77. The molecule has 0 spiro atoms. The van der Waals surface area contributed by atoms with E-state index >= 15 is 0 Å². The molecule has 18 heavy (non-hydrogen) atoms. The van der Waals surface area contributed by atoms with Gasteiger partial charge < -0.3 is 5.73 Å². The predicted octanol–water partition coefficient (Wildman–Crippen LogP) is 3.13. The molecular formula is C15H18N2S. The van der Waals surface area contributed by atoms with E-state index in [0.29, 0.717) is 5.92 Å². The Morgan fingerprint density at radius 3 is 3.17 bits per heavy atom. The summed E-state index contributed by atoms with van der Waals surface area (Å²) in [5, 5.41) is 2.12. The molecule has 2 heterocycles. The monoisotopic (exact) mass is 258 g/mol. The van der Waals surface area contributed by atoms with Crippen LogP contribution in [0.1, 0.15) is 34.9 Å². The van der Waals surface area contributed by atoms with Crippen LogP contribution in [0.2, 0.25) is 0 Å². The number of hydrogen-bond acceptors (Lipinski definition) is 3. The minimum atomic E-state index is 0.192. The van der Waals surface area contributed by atoms with Crippen molar-refractivity contribution in [3.63, 3.8) is 0 Å². The van der Waals surface area contributed by atoms with E-state index in [0.717, 1.165) is 12.8 Å². The summed E-state index contributed by atoms with van der Waals surface area (Å²) in [6, 6.07) is 8.70. The SMILES string of the molecule is NC(Cc1cccs1)C1CCCc2cccnc21. The molecule has 2 N–H and O–H groups in total. The summed E-state index contributed by atoms with van der Waals surface area (Å²) in [6.45, 7) is 0.